The summed E-state index contributed by atoms with van der Waals surface area (Å²) in [5, 5.41) is 0.559. The number of isocyanates is 1. The van der Waals surface area contributed by atoms with Gasteiger partial charge in [0.1, 0.15) is 5.75 Å². The van der Waals surface area contributed by atoms with Gasteiger partial charge in [-0.3, -0.25) is 0 Å². The molecule has 0 radical (unpaired) electrons. The van der Waals surface area contributed by atoms with Gasteiger partial charge in [0.05, 0.1) is 17.8 Å². The molecule has 1 aliphatic carbocycles. The van der Waals surface area contributed by atoms with E-state index in [-0.39, 0.29) is 0 Å². The van der Waals surface area contributed by atoms with Crippen molar-refractivity contribution in [2.24, 2.45) is 4.99 Å². The molecule has 3 nitrogen and oxygen atoms in total. The molecule has 0 bridgehead atoms. The van der Waals surface area contributed by atoms with Crippen LogP contribution in [0.2, 0.25) is 5.02 Å². The number of carbonyl (C=O) groups excluding carboxylic acids is 1. The Morgan fingerprint density at radius 2 is 2.27 bits per heavy atom. The molecule has 1 saturated carbocycles. The molecular formula is C11H10ClNO2. The molecule has 15 heavy (non-hydrogen) atoms. The topological polar surface area (TPSA) is 38.7 Å². The van der Waals surface area contributed by atoms with Crippen LogP contribution in [0.5, 0.6) is 5.75 Å². The van der Waals surface area contributed by atoms with E-state index in [1.807, 2.05) is 6.07 Å². The van der Waals surface area contributed by atoms with Crippen molar-refractivity contribution in [3.8, 4) is 5.75 Å². The van der Waals surface area contributed by atoms with Crippen LogP contribution in [0.15, 0.2) is 17.1 Å². The van der Waals surface area contributed by atoms with Crippen LogP contribution in [0.1, 0.15) is 24.3 Å². The lowest BCUT2D eigenvalue weighted by molar-refractivity contribution is 0.415. The van der Waals surface area contributed by atoms with Gasteiger partial charge in [0.2, 0.25) is 6.08 Å². The fourth-order valence-corrected chi connectivity index (χ4v) is 1.83. The van der Waals surface area contributed by atoms with Gasteiger partial charge in [-0.05, 0) is 30.4 Å². The maximum atomic E-state index is 10.3. The molecule has 0 spiro atoms. The lowest BCUT2D eigenvalue weighted by Gasteiger charge is -2.08. The molecule has 78 valence electrons. The van der Waals surface area contributed by atoms with Crippen molar-refractivity contribution in [2.75, 3.05) is 7.11 Å². The van der Waals surface area contributed by atoms with E-state index >= 15 is 0 Å². The number of nitrogens with zero attached hydrogens (tertiary/aromatic N) is 1. The molecule has 0 aliphatic heterocycles. The SMILES string of the molecule is COc1cc(N=C=O)c(C2CC2)cc1Cl. The normalized spacial score (nSPS) is 14.5. The first-order valence-electron chi connectivity index (χ1n) is 4.71. The van der Waals surface area contributed by atoms with Gasteiger partial charge in [0.15, 0.2) is 0 Å². The highest BCUT2D eigenvalue weighted by Crippen LogP contribution is 2.47. The largest absolute Gasteiger partial charge is 0.495 e. The summed E-state index contributed by atoms with van der Waals surface area (Å²) in [5.74, 6) is 1.02. The van der Waals surface area contributed by atoms with Gasteiger partial charge < -0.3 is 4.74 Å². The van der Waals surface area contributed by atoms with Gasteiger partial charge in [-0.15, -0.1) is 0 Å². The number of hydrogen-bond donors (Lipinski definition) is 0. The van der Waals surface area contributed by atoms with Gasteiger partial charge in [0.25, 0.3) is 0 Å². The van der Waals surface area contributed by atoms with Crippen molar-refractivity contribution in [1.82, 2.24) is 0 Å². The molecule has 0 atom stereocenters. The van der Waals surface area contributed by atoms with Crippen molar-refractivity contribution in [2.45, 2.75) is 18.8 Å². The summed E-state index contributed by atoms with van der Waals surface area (Å²) in [5.41, 5.74) is 1.64. The van der Waals surface area contributed by atoms with E-state index in [0.29, 0.717) is 22.4 Å². The van der Waals surface area contributed by atoms with Crippen LogP contribution >= 0.6 is 11.6 Å². The van der Waals surface area contributed by atoms with Gasteiger partial charge >= 0.3 is 0 Å². The van der Waals surface area contributed by atoms with E-state index in [4.69, 9.17) is 16.3 Å². The second-order valence-electron chi connectivity index (χ2n) is 3.52. The number of methoxy groups -OCH3 is 1. The molecule has 2 rings (SSSR count). The summed E-state index contributed by atoms with van der Waals surface area (Å²) >= 11 is 6.01. The van der Waals surface area contributed by atoms with Crippen LogP contribution in [0.25, 0.3) is 0 Å². The minimum Gasteiger partial charge on any atom is -0.495 e. The summed E-state index contributed by atoms with van der Waals surface area (Å²) in [4.78, 5) is 14.0. The number of rotatable bonds is 3. The van der Waals surface area contributed by atoms with Gasteiger partial charge in [-0.25, -0.2) is 4.79 Å². The van der Waals surface area contributed by atoms with Crippen molar-refractivity contribution < 1.29 is 9.53 Å². The Morgan fingerprint density at radius 3 is 2.80 bits per heavy atom. The highest BCUT2D eigenvalue weighted by molar-refractivity contribution is 6.32. The molecule has 1 aliphatic rings. The highest BCUT2D eigenvalue weighted by Gasteiger charge is 2.27. The lowest BCUT2D eigenvalue weighted by atomic mass is 10.1. The third-order valence-electron chi connectivity index (χ3n) is 2.48. The van der Waals surface area contributed by atoms with Crippen molar-refractivity contribution in [1.29, 1.82) is 0 Å². The molecule has 1 aromatic rings. The number of benzene rings is 1. The summed E-state index contributed by atoms with van der Waals surface area (Å²) in [6, 6.07) is 3.51. The number of halogens is 1. The molecule has 0 amide bonds. The van der Waals surface area contributed by atoms with Gasteiger partial charge in [0, 0.05) is 6.07 Å². The Balaban J connectivity index is 2.52. The zero-order valence-electron chi connectivity index (χ0n) is 8.29. The Bertz CT molecular complexity index is 434. The molecular weight excluding hydrogens is 214 g/mol. The molecule has 0 N–H and O–H groups in total. The first kappa shape index (κ1) is 10.2. The maximum Gasteiger partial charge on any atom is 0.240 e. The van der Waals surface area contributed by atoms with E-state index in [0.717, 1.165) is 18.4 Å². The van der Waals surface area contributed by atoms with Crippen LogP contribution in [-0.2, 0) is 4.79 Å². The van der Waals surface area contributed by atoms with Crippen molar-refractivity contribution >= 4 is 23.4 Å². The zero-order chi connectivity index (χ0) is 10.8. The quantitative estimate of drug-likeness (QED) is 0.583. The fraction of sp³-hybridized carbons (Fsp3) is 0.364. The smallest absolute Gasteiger partial charge is 0.240 e. The van der Waals surface area contributed by atoms with Crippen LogP contribution in [-0.4, -0.2) is 13.2 Å². The summed E-state index contributed by atoms with van der Waals surface area (Å²) in [6.45, 7) is 0. The summed E-state index contributed by atoms with van der Waals surface area (Å²) < 4.78 is 5.07. The Morgan fingerprint density at radius 1 is 1.53 bits per heavy atom. The van der Waals surface area contributed by atoms with E-state index in [2.05, 4.69) is 4.99 Å². The third-order valence-corrected chi connectivity index (χ3v) is 2.78. The van der Waals surface area contributed by atoms with E-state index in [1.54, 1.807) is 12.1 Å². The number of ether oxygens (including phenoxy) is 1. The molecule has 1 aromatic carbocycles. The first-order chi connectivity index (χ1) is 7.26. The second kappa shape index (κ2) is 4.05. The van der Waals surface area contributed by atoms with E-state index < -0.39 is 0 Å². The van der Waals surface area contributed by atoms with Gasteiger partial charge in [-0.1, -0.05) is 11.6 Å². The Hall–Kier alpha value is -1.31. The molecule has 0 heterocycles. The fourth-order valence-electron chi connectivity index (χ4n) is 1.58. The predicted octanol–water partition coefficient (Wildman–Crippen LogP) is 3.19. The number of hydrogen-bond acceptors (Lipinski definition) is 3. The second-order valence-corrected chi connectivity index (χ2v) is 3.93. The third kappa shape index (κ3) is 2.04. The molecule has 0 saturated heterocycles. The Kier molecular flexibility index (Phi) is 2.76. The van der Waals surface area contributed by atoms with Crippen LogP contribution < -0.4 is 4.74 Å². The molecule has 0 aromatic heterocycles. The zero-order valence-corrected chi connectivity index (χ0v) is 9.04. The molecule has 1 fully saturated rings. The van der Waals surface area contributed by atoms with E-state index in [1.165, 1.54) is 7.11 Å². The van der Waals surface area contributed by atoms with Crippen LogP contribution in [0.3, 0.4) is 0 Å². The van der Waals surface area contributed by atoms with Crippen LogP contribution in [0, 0.1) is 0 Å². The molecule has 0 unspecified atom stereocenters. The summed E-state index contributed by atoms with van der Waals surface area (Å²) in [7, 11) is 1.53. The first-order valence-corrected chi connectivity index (χ1v) is 5.09. The monoisotopic (exact) mass is 223 g/mol. The van der Waals surface area contributed by atoms with E-state index in [9.17, 15) is 4.79 Å². The average molecular weight is 224 g/mol. The summed E-state index contributed by atoms with van der Waals surface area (Å²) in [6.07, 6.45) is 3.81. The minimum absolute atomic E-state index is 0.487. The maximum absolute atomic E-state index is 10.3. The predicted molar refractivity (Wildman–Crippen MR) is 57.8 cm³/mol. The van der Waals surface area contributed by atoms with Crippen LogP contribution in [0.4, 0.5) is 5.69 Å². The standard InChI is InChI=1S/C11H10ClNO2/c1-15-11-5-10(13-6-14)8(4-9(11)12)7-2-3-7/h4-5,7H,2-3H2,1H3. The Labute approximate surface area is 92.7 Å². The lowest BCUT2D eigenvalue weighted by Crippen LogP contribution is -1.87. The van der Waals surface area contributed by atoms with Gasteiger partial charge in [-0.2, -0.15) is 4.99 Å². The molecule has 4 heteroatoms. The average Bonchev–Trinajstić information content (AvgIpc) is 3.04. The number of aliphatic imine (C=N–C) groups is 1. The highest BCUT2D eigenvalue weighted by atomic mass is 35.5. The van der Waals surface area contributed by atoms with Crippen molar-refractivity contribution in [3.05, 3.63) is 22.7 Å². The minimum atomic E-state index is 0.487. The van der Waals surface area contributed by atoms with Crippen molar-refractivity contribution in [3.63, 3.8) is 0 Å².